The van der Waals surface area contributed by atoms with Gasteiger partial charge in [-0.1, -0.05) is 205 Å². The summed E-state index contributed by atoms with van der Waals surface area (Å²) in [7, 11) is 0. The molecule has 0 saturated carbocycles. The standard InChI is InChI=1S/C82H64N3O2.Pt/c1-47-41-51(5)72(52(6)42-47)63-31-20-32-64(73-53(7)43-48(2)44-54(73)8)77(63)65-38-40-68-80(84-82(85(68)81-49(3)21-17-22-50(81)4)67-39-37-58-36-35-57-27-18-33-69(86)75(57)79(58)83-67)74(65)59-45-66(78-62-28-15-16-34-70(62)87-71(78)46-59)76-60(55-23-11-9-12-24-55)29-19-30-61(76)56-25-13-10-14-26-56;/h9-34,37-44,46,86H,35-36H2,1-8H3;/q-1;. The van der Waals surface area contributed by atoms with Gasteiger partial charge >= 0.3 is 0 Å². The van der Waals surface area contributed by atoms with Gasteiger partial charge < -0.3 is 9.52 Å². The van der Waals surface area contributed by atoms with Crippen LogP contribution in [0.2, 0.25) is 0 Å². The quantitative estimate of drug-likeness (QED) is 0.146. The van der Waals surface area contributed by atoms with Crippen molar-refractivity contribution < 1.29 is 30.6 Å². The molecular weight excluding hydrogens is 1250 g/mol. The van der Waals surface area contributed by atoms with Crippen molar-refractivity contribution in [1.82, 2.24) is 14.5 Å². The molecule has 0 saturated heterocycles. The van der Waals surface area contributed by atoms with Crippen LogP contribution < -0.4 is 0 Å². The molecule has 0 atom stereocenters. The molecule has 88 heavy (non-hydrogen) atoms. The van der Waals surface area contributed by atoms with E-state index in [1.54, 1.807) is 6.07 Å². The molecule has 3 heterocycles. The Kier molecular flexibility index (Phi) is 14.2. The number of aryl methyl sites for hydroxylation is 10. The molecule has 0 fully saturated rings. The first-order valence-electron chi connectivity index (χ1n) is 30.2. The second-order valence-corrected chi connectivity index (χ2v) is 24.0. The molecule has 5 nitrogen and oxygen atoms in total. The number of nitrogens with zero attached hydrogens (tertiary/aromatic N) is 3. The van der Waals surface area contributed by atoms with Gasteiger partial charge in [-0.25, -0.2) is 9.97 Å². The summed E-state index contributed by atoms with van der Waals surface area (Å²) in [4.78, 5) is 11.7. The van der Waals surface area contributed by atoms with Crippen molar-refractivity contribution in [3.05, 3.63) is 274 Å². The van der Waals surface area contributed by atoms with Crippen LogP contribution >= 0.6 is 0 Å². The summed E-state index contributed by atoms with van der Waals surface area (Å²) < 4.78 is 9.55. The number of hydrogen-bond acceptors (Lipinski definition) is 4. The van der Waals surface area contributed by atoms with E-state index in [4.69, 9.17) is 14.4 Å². The number of pyridine rings is 1. The molecule has 1 N–H and O–H groups in total. The van der Waals surface area contributed by atoms with Crippen molar-refractivity contribution >= 4 is 33.0 Å². The molecule has 0 amide bonds. The molecule has 11 aromatic carbocycles. The van der Waals surface area contributed by atoms with Crippen LogP contribution in [-0.4, -0.2) is 19.6 Å². The molecular formula is C82H64N3O2Pt-. The molecule has 6 heteroatoms. The summed E-state index contributed by atoms with van der Waals surface area (Å²) in [5, 5.41) is 13.6. The van der Waals surface area contributed by atoms with E-state index in [0.29, 0.717) is 11.5 Å². The summed E-state index contributed by atoms with van der Waals surface area (Å²) >= 11 is 0. The Labute approximate surface area is 529 Å². The van der Waals surface area contributed by atoms with Gasteiger partial charge in [0.2, 0.25) is 0 Å². The Balaban J connectivity index is 0.00000680. The smallest absolute Gasteiger partial charge is 0.163 e. The maximum absolute atomic E-state index is 11.6. The van der Waals surface area contributed by atoms with E-state index in [1.807, 2.05) is 6.07 Å². The van der Waals surface area contributed by atoms with E-state index in [9.17, 15) is 5.11 Å². The van der Waals surface area contributed by atoms with Crippen LogP contribution in [0.25, 0.3) is 139 Å². The van der Waals surface area contributed by atoms with Crippen LogP contribution in [-0.2, 0) is 33.9 Å². The first kappa shape index (κ1) is 56.2. The van der Waals surface area contributed by atoms with E-state index in [1.165, 1.54) is 44.5 Å². The summed E-state index contributed by atoms with van der Waals surface area (Å²) in [6.07, 6.45) is 1.65. The number of hydrogen-bond donors (Lipinski definition) is 1. The maximum atomic E-state index is 11.6. The van der Waals surface area contributed by atoms with Gasteiger partial charge in [0.1, 0.15) is 17.0 Å². The van der Waals surface area contributed by atoms with Crippen molar-refractivity contribution in [2.24, 2.45) is 0 Å². The van der Waals surface area contributed by atoms with Crippen molar-refractivity contribution in [3.8, 4) is 112 Å². The zero-order valence-electron chi connectivity index (χ0n) is 50.6. The van der Waals surface area contributed by atoms with Gasteiger partial charge in [0.15, 0.2) is 5.82 Å². The third-order valence-corrected chi connectivity index (χ3v) is 18.1. The van der Waals surface area contributed by atoms with E-state index in [0.717, 1.165) is 152 Å². The molecule has 430 valence electrons. The topological polar surface area (TPSA) is 64.1 Å². The molecule has 0 spiro atoms. The Morgan fingerprint density at radius 2 is 0.977 bits per heavy atom. The molecule has 1 aliphatic rings. The molecule has 1 aliphatic carbocycles. The Morgan fingerprint density at radius 1 is 0.432 bits per heavy atom. The summed E-state index contributed by atoms with van der Waals surface area (Å²) in [6, 6.07) is 80.6. The average Bonchev–Trinajstić information content (AvgIpc) is 1.81. The Hall–Kier alpha value is -9.67. The van der Waals surface area contributed by atoms with Crippen LogP contribution in [0.3, 0.4) is 0 Å². The predicted octanol–water partition coefficient (Wildman–Crippen LogP) is 21.4. The number of fused-ring (bicyclic) bond motifs is 7. The normalized spacial score (nSPS) is 12.0. The van der Waals surface area contributed by atoms with Gasteiger partial charge in [0.05, 0.1) is 28.0 Å². The Bertz CT molecular complexity index is 4940. The molecule has 0 unspecified atom stereocenters. The maximum Gasteiger partial charge on any atom is 0.163 e. The van der Waals surface area contributed by atoms with E-state index in [2.05, 4.69) is 266 Å². The number of para-hydroxylation sites is 2. The molecule has 0 aliphatic heterocycles. The van der Waals surface area contributed by atoms with Crippen molar-refractivity contribution in [2.45, 2.75) is 68.2 Å². The minimum absolute atomic E-state index is 0. The van der Waals surface area contributed by atoms with Crippen LogP contribution in [0.1, 0.15) is 55.6 Å². The fourth-order valence-corrected chi connectivity index (χ4v) is 14.7. The van der Waals surface area contributed by atoms with E-state index in [-0.39, 0.29) is 26.8 Å². The molecule has 15 rings (SSSR count). The van der Waals surface area contributed by atoms with Crippen LogP contribution in [0.15, 0.2) is 217 Å². The molecule has 3 aromatic heterocycles. The van der Waals surface area contributed by atoms with Crippen LogP contribution in [0.4, 0.5) is 0 Å². The number of rotatable bonds is 9. The van der Waals surface area contributed by atoms with Crippen molar-refractivity contribution in [1.29, 1.82) is 0 Å². The predicted molar refractivity (Wildman–Crippen MR) is 361 cm³/mol. The summed E-state index contributed by atoms with van der Waals surface area (Å²) in [5.74, 6) is 0.929. The molecule has 0 radical (unpaired) electrons. The molecule has 0 bridgehead atoms. The number of imidazole rings is 1. The SMILES string of the molecule is Cc1cc(C)c(-c2cccc(-c3c(C)cc(C)cc3C)c2-c2ccc3c(nc(-c4ccc5c(n4)-c4c(O)cccc4CC5)n3-c3c(C)cccc3C)c2-c2[c-]c(-c3c(-c4ccccc4)cccc3-c3ccccc3)c3c(c2)oc2ccccc23)c(C)c1.[Pt]. The Morgan fingerprint density at radius 3 is 1.60 bits per heavy atom. The fourth-order valence-electron chi connectivity index (χ4n) is 14.7. The molecule has 14 aromatic rings. The minimum atomic E-state index is 0. The minimum Gasteiger partial charge on any atom is -0.507 e. The number of phenolic OH excluding ortho intramolecular Hbond substituents is 1. The fraction of sp³-hybridized carbons (Fsp3) is 0.122. The summed E-state index contributed by atoms with van der Waals surface area (Å²) in [5.41, 5.74) is 33.2. The van der Waals surface area contributed by atoms with Gasteiger partial charge in [0, 0.05) is 26.6 Å². The van der Waals surface area contributed by atoms with Crippen LogP contribution in [0.5, 0.6) is 5.75 Å². The first-order valence-corrected chi connectivity index (χ1v) is 30.2. The van der Waals surface area contributed by atoms with Gasteiger partial charge in [-0.3, -0.25) is 4.57 Å². The number of aromatic hydroxyl groups is 1. The first-order chi connectivity index (χ1) is 42.4. The zero-order chi connectivity index (χ0) is 59.4. The van der Waals surface area contributed by atoms with E-state index >= 15 is 0 Å². The van der Waals surface area contributed by atoms with Gasteiger partial charge in [-0.2, -0.15) is 0 Å². The average molecular weight is 1320 g/mol. The largest absolute Gasteiger partial charge is 0.507 e. The van der Waals surface area contributed by atoms with Gasteiger partial charge in [-0.05, 0) is 209 Å². The van der Waals surface area contributed by atoms with Gasteiger partial charge in [0.25, 0.3) is 0 Å². The van der Waals surface area contributed by atoms with Crippen molar-refractivity contribution in [3.63, 3.8) is 0 Å². The number of phenols is 1. The number of aromatic nitrogens is 3. The monoisotopic (exact) mass is 1320 g/mol. The second-order valence-electron chi connectivity index (χ2n) is 24.0. The van der Waals surface area contributed by atoms with E-state index < -0.39 is 0 Å². The van der Waals surface area contributed by atoms with Gasteiger partial charge in [-0.15, -0.1) is 17.2 Å². The number of furan rings is 1. The van der Waals surface area contributed by atoms with Crippen LogP contribution in [0, 0.1) is 61.5 Å². The van der Waals surface area contributed by atoms with Crippen molar-refractivity contribution in [2.75, 3.05) is 0 Å². The zero-order valence-corrected chi connectivity index (χ0v) is 52.9. The number of benzene rings is 11. The summed E-state index contributed by atoms with van der Waals surface area (Å²) in [6.45, 7) is 17.8. The second kappa shape index (κ2) is 22.2. The third kappa shape index (κ3) is 9.25. The third-order valence-electron chi connectivity index (χ3n) is 18.1.